The molecule has 0 unspecified atom stereocenters. The molecule has 23 heavy (non-hydrogen) atoms. The number of hydrogen-bond acceptors (Lipinski definition) is 6. The van der Waals surface area contributed by atoms with Crippen molar-refractivity contribution in [3.63, 3.8) is 0 Å². The number of nitrogens with zero attached hydrogens (tertiary/aromatic N) is 3. The molecule has 2 aliphatic rings. The number of amides is 1. The number of ether oxygens (including phenoxy) is 2. The van der Waals surface area contributed by atoms with Crippen LogP contribution in [0, 0.1) is 0 Å². The molecule has 1 aromatic rings. The number of nitrogens with one attached hydrogen (secondary N) is 1. The van der Waals surface area contributed by atoms with Gasteiger partial charge in [0.1, 0.15) is 11.7 Å². The van der Waals surface area contributed by atoms with Crippen molar-refractivity contribution in [2.75, 3.05) is 73.6 Å². The molecule has 0 saturated carbocycles. The normalized spacial score (nSPS) is 18.8. The van der Waals surface area contributed by atoms with Crippen molar-refractivity contribution in [3.8, 4) is 0 Å². The molecule has 0 aliphatic carbocycles. The highest BCUT2D eigenvalue weighted by atomic mass is 35.5. The molecular formula is C15H21ClN4O3. The second-order valence-corrected chi connectivity index (χ2v) is 5.69. The first-order valence-corrected chi connectivity index (χ1v) is 8.33. The summed E-state index contributed by atoms with van der Waals surface area (Å²) in [5.41, 5.74) is 0.689. The lowest BCUT2D eigenvalue weighted by molar-refractivity contribution is -0.113. The lowest BCUT2D eigenvalue weighted by Crippen LogP contribution is -2.39. The van der Waals surface area contributed by atoms with E-state index in [1.54, 1.807) is 0 Å². The maximum atomic E-state index is 11.7. The van der Waals surface area contributed by atoms with Crippen LogP contribution in [0.15, 0.2) is 12.1 Å². The van der Waals surface area contributed by atoms with E-state index in [1.165, 1.54) is 0 Å². The molecule has 0 atom stereocenters. The second-order valence-electron chi connectivity index (χ2n) is 5.42. The highest BCUT2D eigenvalue weighted by Gasteiger charge is 2.20. The van der Waals surface area contributed by atoms with Crippen molar-refractivity contribution in [1.29, 1.82) is 0 Å². The lowest BCUT2D eigenvalue weighted by atomic mass is 10.3. The fourth-order valence-electron chi connectivity index (χ4n) is 2.70. The lowest BCUT2D eigenvalue weighted by Gasteiger charge is -2.32. The molecule has 0 bridgehead atoms. The summed E-state index contributed by atoms with van der Waals surface area (Å²) in [6, 6.07) is 3.83. The molecule has 1 amide bonds. The first-order valence-electron chi connectivity index (χ1n) is 7.80. The van der Waals surface area contributed by atoms with Crippen LogP contribution in [0.5, 0.6) is 0 Å². The van der Waals surface area contributed by atoms with Gasteiger partial charge in [0, 0.05) is 26.2 Å². The first kappa shape index (κ1) is 16.3. The van der Waals surface area contributed by atoms with Gasteiger partial charge in [0.25, 0.3) is 0 Å². The average molecular weight is 341 g/mol. The van der Waals surface area contributed by atoms with Crippen molar-refractivity contribution < 1.29 is 14.3 Å². The van der Waals surface area contributed by atoms with Crippen molar-refractivity contribution >= 4 is 34.8 Å². The number of hydrogen-bond donors (Lipinski definition) is 1. The van der Waals surface area contributed by atoms with Gasteiger partial charge in [-0.1, -0.05) is 0 Å². The monoisotopic (exact) mass is 340 g/mol. The molecule has 3 rings (SSSR count). The van der Waals surface area contributed by atoms with E-state index in [-0.39, 0.29) is 11.8 Å². The third kappa shape index (κ3) is 4.04. The van der Waals surface area contributed by atoms with E-state index in [0.717, 1.165) is 37.8 Å². The Morgan fingerprint density at radius 2 is 1.70 bits per heavy atom. The van der Waals surface area contributed by atoms with Crippen molar-refractivity contribution in [3.05, 3.63) is 12.1 Å². The van der Waals surface area contributed by atoms with Crippen LogP contribution >= 0.6 is 11.6 Å². The van der Waals surface area contributed by atoms with Gasteiger partial charge >= 0.3 is 0 Å². The predicted octanol–water partition coefficient (Wildman–Crippen LogP) is 0.932. The quantitative estimate of drug-likeness (QED) is 0.823. The third-order valence-corrected chi connectivity index (χ3v) is 4.14. The summed E-state index contributed by atoms with van der Waals surface area (Å²) in [6.07, 6.45) is 0. The summed E-state index contributed by atoms with van der Waals surface area (Å²) >= 11 is 5.60. The number of halogens is 1. The van der Waals surface area contributed by atoms with Gasteiger partial charge < -0.3 is 24.6 Å². The molecule has 7 nitrogen and oxygen atoms in total. The highest BCUT2D eigenvalue weighted by Crippen LogP contribution is 2.28. The standard InChI is InChI=1S/C15H21ClN4O3/c16-11-14(21)17-12-1-2-13(19-3-7-22-8-4-19)18-15(12)20-5-9-23-10-6-20/h1-2H,3-11H2,(H,17,21). The van der Waals surface area contributed by atoms with E-state index in [2.05, 4.69) is 15.1 Å². The minimum absolute atomic E-state index is 0.0756. The van der Waals surface area contributed by atoms with Crippen LogP contribution < -0.4 is 15.1 Å². The number of carbonyl (C=O) groups excluding carboxylic acids is 1. The third-order valence-electron chi connectivity index (χ3n) is 3.90. The number of pyridine rings is 1. The Morgan fingerprint density at radius 3 is 2.30 bits per heavy atom. The van der Waals surface area contributed by atoms with E-state index >= 15 is 0 Å². The molecule has 0 spiro atoms. The maximum absolute atomic E-state index is 11.7. The number of morpholine rings is 2. The molecule has 0 radical (unpaired) electrons. The van der Waals surface area contributed by atoms with Crippen LogP contribution in [0.25, 0.3) is 0 Å². The van der Waals surface area contributed by atoms with E-state index in [0.29, 0.717) is 32.1 Å². The summed E-state index contributed by atoms with van der Waals surface area (Å²) in [7, 11) is 0. The number of alkyl halides is 1. The molecular weight excluding hydrogens is 320 g/mol. The summed E-state index contributed by atoms with van der Waals surface area (Å²) < 4.78 is 10.8. The predicted molar refractivity (Wildman–Crippen MR) is 89.7 cm³/mol. The van der Waals surface area contributed by atoms with E-state index < -0.39 is 0 Å². The van der Waals surface area contributed by atoms with Crippen LogP contribution in [-0.2, 0) is 14.3 Å². The van der Waals surface area contributed by atoms with E-state index in [4.69, 9.17) is 26.1 Å². The van der Waals surface area contributed by atoms with Crippen LogP contribution in [-0.4, -0.2) is 69.4 Å². The molecule has 2 saturated heterocycles. The smallest absolute Gasteiger partial charge is 0.239 e. The summed E-state index contributed by atoms with van der Waals surface area (Å²) in [4.78, 5) is 20.8. The molecule has 2 aliphatic heterocycles. The minimum atomic E-state index is -0.234. The Balaban J connectivity index is 1.87. The van der Waals surface area contributed by atoms with Gasteiger partial charge in [-0.05, 0) is 12.1 Å². The average Bonchev–Trinajstić information content (AvgIpc) is 2.63. The number of aromatic nitrogens is 1. The summed E-state index contributed by atoms with van der Waals surface area (Å²) in [6.45, 7) is 5.88. The molecule has 0 aromatic carbocycles. The van der Waals surface area contributed by atoms with E-state index in [9.17, 15) is 4.79 Å². The molecule has 8 heteroatoms. The zero-order chi connectivity index (χ0) is 16.1. The van der Waals surface area contributed by atoms with Crippen molar-refractivity contribution in [2.24, 2.45) is 0 Å². The first-order chi connectivity index (χ1) is 11.3. The number of carbonyl (C=O) groups is 1. The van der Waals surface area contributed by atoms with Gasteiger partial charge in [-0.15, -0.1) is 11.6 Å². The number of anilines is 3. The maximum Gasteiger partial charge on any atom is 0.239 e. The molecule has 126 valence electrons. The zero-order valence-corrected chi connectivity index (χ0v) is 13.7. The van der Waals surface area contributed by atoms with Crippen molar-refractivity contribution in [1.82, 2.24) is 4.98 Å². The van der Waals surface area contributed by atoms with Crippen LogP contribution in [0.1, 0.15) is 0 Å². The largest absolute Gasteiger partial charge is 0.378 e. The van der Waals surface area contributed by atoms with Gasteiger partial charge in [-0.2, -0.15) is 0 Å². The zero-order valence-electron chi connectivity index (χ0n) is 13.0. The SMILES string of the molecule is O=C(CCl)Nc1ccc(N2CCOCC2)nc1N1CCOCC1. The van der Waals surface area contributed by atoms with Gasteiger partial charge in [-0.25, -0.2) is 4.98 Å². The Morgan fingerprint density at radius 1 is 1.09 bits per heavy atom. The van der Waals surface area contributed by atoms with Crippen LogP contribution in [0.4, 0.5) is 17.3 Å². The Bertz CT molecular complexity index is 546. The minimum Gasteiger partial charge on any atom is -0.378 e. The number of rotatable bonds is 4. The fraction of sp³-hybridized carbons (Fsp3) is 0.600. The molecule has 2 fully saturated rings. The fourth-order valence-corrected chi connectivity index (χ4v) is 2.77. The van der Waals surface area contributed by atoms with Gasteiger partial charge in [0.05, 0.1) is 32.1 Å². The molecule has 3 heterocycles. The van der Waals surface area contributed by atoms with Crippen LogP contribution in [0.3, 0.4) is 0 Å². The van der Waals surface area contributed by atoms with Gasteiger partial charge in [0.2, 0.25) is 5.91 Å². The topological polar surface area (TPSA) is 66.9 Å². The second kappa shape index (κ2) is 7.81. The Labute approximate surface area is 140 Å². The van der Waals surface area contributed by atoms with Crippen molar-refractivity contribution in [2.45, 2.75) is 0 Å². The summed E-state index contributed by atoms with van der Waals surface area (Å²) in [5, 5.41) is 2.83. The summed E-state index contributed by atoms with van der Waals surface area (Å²) in [5.74, 6) is 1.37. The van der Waals surface area contributed by atoms with Gasteiger partial charge in [0.15, 0.2) is 5.82 Å². The van der Waals surface area contributed by atoms with Crippen LogP contribution in [0.2, 0.25) is 0 Å². The van der Waals surface area contributed by atoms with E-state index in [1.807, 2.05) is 12.1 Å². The highest BCUT2D eigenvalue weighted by molar-refractivity contribution is 6.29. The van der Waals surface area contributed by atoms with Gasteiger partial charge in [-0.3, -0.25) is 4.79 Å². The molecule has 1 N–H and O–H groups in total. The Kier molecular flexibility index (Phi) is 5.53. The molecule has 1 aromatic heterocycles. The Hall–Kier alpha value is -1.57.